The van der Waals surface area contributed by atoms with Crippen molar-refractivity contribution in [1.82, 2.24) is 14.8 Å². The number of nitrogens with zero attached hydrogens (tertiary/aromatic N) is 3. The molecule has 136 valence electrons. The molecule has 26 heavy (non-hydrogen) atoms. The second-order valence-corrected chi connectivity index (χ2v) is 6.41. The summed E-state index contributed by atoms with van der Waals surface area (Å²) in [6.07, 6.45) is 5.83. The fourth-order valence-corrected chi connectivity index (χ4v) is 3.19. The van der Waals surface area contributed by atoms with E-state index in [4.69, 9.17) is 5.73 Å². The summed E-state index contributed by atoms with van der Waals surface area (Å²) in [4.78, 5) is 20.1. The Morgan fingerprint density at radius 2 is 1.88 bits per heavy atom. The third-order valence-corrected chi connectivity index (χ3v) is 4.60. The van der Waals surface area contributed by atoms with Gasteiger partial charge in [0.2, 0.25) is 0 Å². The number of aliphatic carboxylic acids is 1. The molecule has 0 amide bonds. The van der Waals surface area contributed by atoms with E-state index in [0.29, 0.717) is 24.5 Å². The lowest BCUT2D eigenvalue weighted by molar-refractivity contribution is -0.144. The van der Waals surface area contributed by atoms with Gasteiger partial charge >= 0.3 is 5.97 Å². The van der Waals surface area contributed by atoms with Gasteiger partial charge in [-0.25, -0.2) is 4.98 Å². The Hall–Kier alpha value is -2.70. The molecule has 1 saturated heterocycles. The van der Waals surface area contributed by atoms with Crippen molar-refractivity contribution in [3.05, 3.63) is 65.9 Å². The van der Waals surface area contributed by atoms with Crippen molar-refractivity contribution in [1.29, 1.82) is 0 Å². The van der Waals surface area contributed by atoms with Crippen molar-refractivity contribution >= 4 is 17.9 Å². The maximum absolute atomic E-state index is 11.8. The minimum atomic E-state index is -0.853. The molecule has 1 unspecified atom stereocenters. The molecule has 0 saturated carbocycles. The number of nitrogen functional groups attached to an aromatic ring is 1. The second kappa shape index (κ2) is 8.60. The highest BCUT2D eigenvalue weighted by Crippen LogP contribution is 2.22. The first-order valence-electron chi connectivity index (χ1n) is 8.76. The monoisotopic (exact) mass is 352 g/mol. The van der Waals surface area contributed by atoms with E-state index >= 15 is 0 Å². The van der Waals surface area contributed by atoms with Crippen LogP contribution in [0.2, 0.25) is 0 Å². The number of piperazine rings is 1. The first-order valence-corrected chi connectivity index (χ1v) is 8.76. The lowest BCUT2D eigenvalue weighted by Gasteiger charge is -2.37. The number of hydrogen-bond acceptors (Lipinski definition) is 5. The van der Waals surface area contributed by atoms with Gasteiger partial charge in [-0.2, -0.15) is 0 Å². The highest BCUT2D eigenvalue weighted by Gasteiger charge is 2.30. The standard InChI is InChI=1S/C20H24N4O2/c21-18-9-8-17(15-22-18)19(20(25)26)24-13-11-23(12-14-24)10-4-7-16-5-2-1-3-6-16/h1-9,15,19H,10-14H2,(H2,21,22)(H,25,26)/b7-4+. The van der Waals surface area contributed by atoms with Crippen LogP contribution >= 0.6 is 0 Å². The van der Waals surface area contributed by atoms with Crippen LogP contribution in [-0.4, -0.2) is 58.6 Å². The number of carbonyl (C=O) groups is 1. The van der Waals surface area contributed by atoms with E-state index in [0.717, 1.165) is 19.6 Å². The van der Waals surface area contributed by atoms with Gasteiger partial charge in [0.1, 0.15) is 11.9 Å². The highest BCUT2D eigenvalue weighted by molar-refractivity contribution is 5.75. The molecule has 2 heterocycles. The number of carboxylic acids is 1. The number of hydrogen-bond donors (Lipinski definition) is 2. The molecule has 0 bridgehead atoms. The van der Waals surface area contributed by atoms with E-state index in [1.54, 1.807) is 18.3 Å². The molecule has 0 spiro atoms. The average Bonchev–Trinajstić information content (AvgIpc) is 2.65. The van der Waals surface area contributed by atoms with Crippen molar-refractivity contribution in [2.45, 2.75) is 6.04 Å². The molecule has 6 nitrogen and oxygen atoms in total. The molecule has 1 aliphatic rings. The number of nitrogens with two attached hydrogens (primary N) is 1. The van der Waals surface area contributed by atoms with Crippen LogP contribution < -0.4 is 5.73 Å². The van der Waals surface area contributed by atoms with Crippen LogP contribution in [0, 0.1) is 0 Å². The van der Waals surface area contributed by atoms with E-state index in [1.807, 2.05) is 23.1 Å². The van der Waals surface area contributed by atoms with Crippen molar-refractivity contribution in [2.75, 3.05) is 38.5 Å². The summed E-state index contributed by atoms with van der Waals surface area (Å²) < 4.78 is 0. The van der Waals surface area contributed by atoms with Gasteiger partial charge in [0.05, 0.1) is 0 Å². The van der Waals surface area contributed by atoms with E-state index in [-0.39, 0.29) is 0 Å². The van der Waals surface area contributed by atoms with Gasteiger partial charge in [0.15, 0.2) is 0 Å². The van der Waals surface area contributed by atoms with E-state index in [1.165, 1.54) is 5.56 Å². The lowest BCUT2D eigenvalue weighted by atomic mass is 10.1. The highest BCUT2D eigenvalue weighted by atomic mass is 16.4. The first kappa shape index (κ1) is 18.1. The number of pyridine rings is 1. The maximum Gasteiger partial charge on any atom is 0.325 e. The molecular formula is C20H24N4O2. The maximum atomic E-state index is 11.8. The minimum Gasteiger partial charge on any atom is -0.480 e. The summed E-state index contributed by atoms with van der Waals surface area (Å²) in [5.74, 6) is -0.457. The third kappa shape index (κ3) is 4.68. The normalized spacial score (nSPS) is 17.4. The number of rotatable bonds is 6. The minimum absolute atomic E-state index is 0.396. The van der Waals surface area contributed by atoms with Crippen LogP contribution in [0.15, 0.2) is 54.7 Å². The van der Waals surface area contributed by atoms with Gasteiger partial charge < -0.3 is 10.8 Å². The van der Waals surface area contributed by atoms with E-state index in [2.05, 4.69) is 34.2 Å². The summed E-state index contributed by atoms with van der Waals surface area (Å²) in [6, 6.07) is 12.9. The Morgan fingerprint density at radius 3 is 2.50 bits per heavy atom. The number of anilines is 1. The average molecular weight is 352 g/mol. The molecule has 6 heteroatoms. The number of carboxylic acid groups (broad SMARTS) is 1. The largest absolute Gasteiger partial charge is 0.480 e. The number of benzene rings is 1. The summed E-state index contributed by atoms with van der Waals surface area (Å²) in [5, 5.41) is 9.66. The molecular weight excluding hydrogens is 328 g/mol. The van der Waals surface area contributed by atoms with Crippen LogP contribution in [0.4, 0.5) is 5.82 Å². The summed E-state index contributed by atoms with van der Waals surface area (Å²) >= 11 is 0. The van der Waals surface area contributed by atoms with Gasteiger partial charge in [-0.1, -0.05) is 48.6 Å². The zero-order chi connectivity index (χ0) is 18.4. The van der Waals surface area contributed by atoms with Crippen LogP contribution in [0.5, 0.6) is 0 Å². The fraction of sp³-hybridized carbons (Fsp3) is 0.300. The Kier molecular flexibility index (Phi) is 5.99. The van der Waals surface area contributed by atoms with Crippen molar-refractivity contribution in [2.24, 2.45) is 0 Å². The van der Waals surface area contributed by atoms with Gasteiger partial charge in [-0.05, 0) is 17.2 Å². The third-order valence-electron chi connectivity index (χ3n) is 4.60. The van der Waals surface area contributed by atoms with E-state index in [9.17, 15) is 9.90 Å². The van der Waals surface area contributed by atoms with Gasteiger partial charge in [-0.15, -0.1) is 0 Å². The molecule has 1 aliphatic heterocycles. The van der Waals surface area contributed by atoms with Gasteiger partial charge in [0, 0.05) is 38.9 Å². The molecule has 1 fully saturated rings. The topological polar surface area (TPSA) is 82.7 Å². The quantitative estimate of drug-likeness (QED) is 0.829. The molecule has 0 radical (unpaired) electrons. The van der Waals surface area contributed by atoms with Crippen LogP contribution in [-0.2, 0) is 4.79 Å². The zero-order valence-corrected chi connectivity index (χ0v) is 14.7. The summed E-state index contributed by atoms with van der Waals surface area (Å²) in [7, 11) is 0. The van der Waals surface area contributed by atoms with Crippen molar-refractivity contribution < 1.29 is 9.90 Å². The number of aromatic nitrogens is 1. The molecule has 2 aromatic rings. The van der Waals surface area contributed by atoms with Gasteiger partial charge in [-0.3, -0.25) is 14.6 Å². The van der Waals surface area contributed by atoms with Crippen LogP contribution in [0.1, 0.15) is 17.2 Å². The molecule has 1 atom stereocenters. The Bertz CT molecular complexity index is 738. The molecule has 1 aromatic carbocycles. The zero-order valence-electron chi connectivity index (χ0n) is 14.7. The van der Waals surface area contributed by atoms with Crippen LogP contribution in [0.3, 0.4) is 0 Å². The van der Waals surface area contributed by atoms with Crippen molar-refractivity contribution in [3.63, 3.8) is 0 Å². The SMILES string of the molecule is Nc1ccc(C(C(=O)O)N2CCN(C/C=C/c3ccccc3)CC2)cn1. The Labute approximate surface area is 153 Å². The Balaban J connectivity index is 1.55. The predicted octanol–water partition coefficient (Wildman–Crippen LogP) is 2.12. The first-order chi connectivity index (χ1) is 12.6. The van der Waals surface area contributed by atoms with Crippen molar-refractivity contribution in [3.8, 4) is 0 Å². The fourth-order valence-electron chi connectivity index (χ4n) is 3.19. The van der Waals surface area contributed by atoms with Crippen LogP contribution in [0.25, 0.3) is 6.08 Å². The summed E-state index contributed by atoms with van der Waals surface area (Å²) in [5.41, 5.74) is 7.46. The molecule has 1 aromatic heterocycles. The molecule has 3 rings (SSSR count). The lowest BCUT2D eigenvalue weighted by Crippen LogP contribution is -2.49. The second-order valence-electron chi connectivity index (χ2n) is 6.41. The predicted molar refractivity (Wildman–Crippen MR) is 103 cm³/mol. The van der Waals surface area contributed by atoms with E-state index < -0.39 is 12.0 Å². The van der Waals surface area contributed by atoms with Gasteiger partial charge in [0.25, 0.3) is 0 Å². The smallest absolute Gasteiger partial charge is 0.325 e. The molecule has 0 aliphatic carbocycles. The Morgan fingerprint density at radius 1 is 1.15 bits per heavy atom. The molecule has 3 N–H and O–H groups in total. The summed E-state index contributed by atoms with van der Waals surface area (Å²) in [6.45, 7) is 3.96.